The number of aliphatic carboxylic acids is 1. The predicted molar refractivity (Wildman–Crippen MR) is 77.3 cm³/mol. The Bertz CT molecular complexity index is 749. The first-order chi connectivity index (χ1) is 9.63. The van der Waals surface area contributed by atoms with E-state index in [-0.39, 0.29) is 6.42 Å². The number of oxazole rings is 1. The van der Waals surface area contributed by atoms with E-state index in [9.17, 15) is 4.79 Å². The van der Waals surface area contributed by atoms with Crippen molar-refractivity contribution in [3.05, 3.63) is 33.1 Å². The predicted octanol–water partition coefficient (Wildman–Crippen LogP) is 3.81. The number of halogens is 1. The molecule has 3 rings (SSSR count). The van der Waals surface area contributed by atoms with Crippen molar-refractivity contribution in [2.75, 3.05) is 0 Å². The summed E-state index contributed by atoms with van der Waals surface area (Å²) in [6, 6.07) is 3.51. The molecule has 3 heterocycles. The minimum Gasteiger partial charge on any atom is -0.481 e. The van der Waals surface area contributed by atoms with Crippen LogP contribution in [0.3, 0.4) is 0 Å². The maximum atomic E-state index is 10.9. The molecule has 0 aliphatic rings. The van der Waals surface area contributed by atoms with Gasteiger partial charge in [0.2, 0.25) is 5.89 Å². The van der Waals surface area contributed by atoms with Gasteiger partial charge in [0.1, 0.15) is 5.69 Å². The lowest BCUT2D eigenvalue weighted by molar-refractivity contribution is -0.136. The zero-order chi connectivity index (χ0) is 14.1. The maximum absolute atomic E-state index is 10.9. The van der Waals surface area contributed by atoms with Gasteiger partial charge in [0.05, 0.1) is 26.8 Å². The number of carbonyl (C=O) groups is 1. The molecule has 102 valence electrons. The van der Waals surface area contributed by atoms with Crippen molar-refractivity contribution in [2.45, 2.75) is 6.42 Å². The molecule has 0 radical (unpaired) electrons. The maximum Gasteiger partial charge on any atom is 0.309 e. The van der Waals surface area contributed by atoms with Gasteiger partial charge in [0.25, 0.3) is 0 Å². The van der Waals surface area contributed by atoms with Crippen molar-refractivity contribution < 1.29 is 14.3 Å². The smallest absolute Gasteiger partial charge is 0.309 e. The summed E-state index contributed by atoms with van der Waals surface area (Å²) in [4.78, 5) is 20.0. The number of thiazole rings is 1. The molecule has 0 bridgehead atoms. The van der Waals surface area contributed by atoms with Crippen molar-refractivity contribution >= 4 is 40.2 Å². The van der Waals surface area contributed by atoms with Crippen LogP contribution in [0, 0.1) is 0 Å². The second-order valence-corrected chi connectivity index (χ2v) is 6.28. The third-order valence-corrected chi connectivity index (χ3v) is 4.28. The molecule has 0 fully saturated rings. The molecule has 0 unspecified atom stereocenters. The van der Waals surface area contributed by atoms with Crippen LogP contribution in [-0.2, 0) is 11.2 Å². The minimum atomic E-state index is -0.966. The summed E-state index contributed by atoms with van der Waals surface area (Å²) < 4.78 is 6.29. The van der Waals surface area contributed by atoms with Crippen molar-refractivity contribution in [2.24, 2.45) is 0 Å². The summed E-state index contributed by atoms with van der Waals surface area (Å²) in [6.07, 6.45) is -0.210. The van der Waals surface area contributed by atoms with Gasteiger partial charge in [-0.2, -0.15) is 0 Å². The number of hydrogen-bond acceptors (Lipinski definition) is 6. The molecule has 0 aliphatic heterocycles. The first-order valence-electron chi connectivity index (χ1n) is 5.49. The normalized spacial score (nSPS) is 10.8. The SMILES string of the molecule is O=C(O)Cc1nc(-c2cscn2)oc1-c1ccc(Cl)s1. The van der Waals surface area contributed by atoms with Crippen LogP contribution in [0.4, 0.5) is 0 Å². The van der Waals surface area contributed by atoms with E-state index in [1.54, 1.807) is 23.0 Å². The zero-order valence-electron chi connectivity index (χ0n) is 9.87. The Balaban J connectivity index is 2.09. The molecule has 0 saturated heterocycles. The Kier molecular flexibility index (Phi) is 3.56. The average molecular weight is 327 g/mol. The number of aromatic nitrogens is 2. The van der Waals surface area contributed by atoms with E-state index < -0.39 is 5.97 Å². The van der Waals surface area contributed by atoms with Crippen LogP contribution in [0.2, 0.25) is 4.34 Å². The molecule has 0 spiro atoms. The second-order valence-electron chi connectivity index (χ2n) is 3.84. The van der Waals surface area contributed by atoms with Gasteiger partial charge in [-0.25, -0.2) is 9.97 Å². The molecular weight excluding hydrogens is 320 g/mol. The summed E-state index contributed by atoms with van der Waals surface area (Å²) in [5.74, 6) is -0.207. The molecule has 3 aromatic heterocycles. The van der Waals surface area contributed by atoms with Crippen LogP contribution in [0.1, 0.15) is 5.69 Å². The van der Waals surface area contributed by atoms with E-state index in [1.807, 2.05) is 0 Å². The summed E-state index contributed by atoms with van der Waals surface area (Å²) in [5, 5.41) is 10.8. The van der Waals surface area contributed by atoms with Crippen molar-refractivity contribution in [3.8, 4) is 22.2 Å². The summed E-state index contributed by atoms with van der Waals surface area (Å²) in [6.45, 7) is 0. The first-order valence-corrected chi connectivity index (χ1v) is 7.63. The molecular formula is C12H7ClN2O3S2. The third kappa shape index (κ3) is 2.60. The van der Waals surface area contributed by atoms with Gasteiger partial charge in [-0.05, 0) is 12.1 Å². The summed E-state index contributed by atoms with van der Waals surface area (Å²) >= 11 is 8.64. The van der Waals surface area contributed by atoms with Crippen molar-refractivity contribution in [1.29, 1.82) is 0 Å². The van der Waals surface area contributed by atoms with Gasteiger partial charge in [0.15, 0.2) is 5.76 Å². The summed E-state index contributed by atoms with van der Waals surface area (Å²) in [7, 11) is 0. The number of hydrogen-bond donors (Lipinski definition) is 1. The largest absolute Gasteiger partial charge is 0.481 e. The number of thiophene rings is 1. The lowest BCUT2D eigenvalue weighted by Crippen LogP contribution is -2.01. The highest BCUT2D eigenvalue weighted by Crippen LogP contribution is 2.36. The van der Waals surface area contributed by atoms with E-state index in [0.29, 0.717) is 27.4 Å². The zero-order valence-corrected chi connectivity index (χ0v) is 12.3. The quantitative estimate of drug-likeness (QED) is 0.789. The van der Waals surface area contributed by atoms with Crippen LogP contribution in [0.5, 0.6) is 0 Å². The standard InChI is InChI=1S/C12H7ClN2O3S2/c13-9-2-1-8(20-9)11-6(3-10(16)17)15-12(18-11)7-4-19-5-14-7/h1-2,4-5H,3H2,(H,16,17). The highest BCUT2D eigenvalue weighted by molar-refractivity contribution is 7.19. The van der Waals surface area contributed by atoms with E-state index in [1.165, 1.54) is 22.7 Å². The Morgan fingerprint density at radius 3 is 2.90 bits per heavy atom. The van der Waals surface area contributed by atoms with Crippen LogP contribution in [-0.4, -0.2) is 21.0 Å². The fraction of sp³-hybridized carbons (Fsp3) is 0.0833. The molecule has 3 aromatic rings. The van der Waals surface area contributed by atoms with Crippen molar-refractivity contribution in [3.63, 3.8) is 0 Å². The number of rotatable bonds is 4. The average Bonchev–Trinajstić information content (AvgIpc) is 3.07. The van der Waals surface area contributed by atoms with E-state index in [0.717, 1.165) is 4.88 Å². The molecule has 1 N–H and O–H groups in total. The first kappa shape index (κ1) is 13.3. The minimum absolute atomic E-state index is 0.210. The Morgan fingerprint density at radius 2 is 2.30 bits per heavy atom. The van der Waals surface area contributed by atoms with E-state index >= 15 is 0 Å². The van der Waals surface area contributed by atoms with Gasteiger partial charge >= 0.3 is 5.97 Å². The molecule has 0 amide bonds. The van der Waals surface area contributed by atoms with Crippen LogP contribution in [0.15, 0.2) is 27.4 Å². The van der Waals surface area contributed by atoms with Crippen LogP contribution >= 0.6 is 34.3 Å². The number of carboxylic acids is 1. The van der Waals surface area contributed by atoms with Gasteiger partial charge < -0.3 is 9.52 Å². The molecule has 0 saturated carbocycles. The van der Waals surface area contributed by atoms with Gasteiger partial charge in [-0.1, -0.05) is 11.6 Å². The molecule has 8 heteroatoms. The summed E-state index contributed by atoms with van der Waals surface area (Å²) in [5.41, 5.74) is 2.63. The van der Waals surface area contributed by atoms with E-state index in [2.05, 4.69) is 9.97 Å². The molecule has 0 aliphatic carbocycles. The lowest BCUT2D eigenvalue weighted by atomic mass is 10.2. The Morgan fingerprint density at radius 1 is 1.45 bits per heavy atom. The Hall–Kier alpha value is -1.70. The second kappa shape index (κ2) is 5.35. The fourth-order valence-electron chi connectivity index (χ4n) is 1.67. The monoisotopic (exact) mass is 326 g/mol. The number of nitrogens with zero attached hydrogens (tertiary/aromatic N) is 2. The molecule has 0 atom stereocenters. The number of carboxylic acid groups (broad SMARTS) is 1. The van der Waals surface area contributed by atoms with Crippen LogP contribution in [0.25, 0.3) is 22.2 Å². The topological polar surface area (TPSA) is 76.2 Å². The van der Waals surface area contributed by atoms with Crippen molar-refractivity contribution in [1.82, 2.24) is 9.97 Å². The highest BCUT2D eigenvalue weighted by atomic mass is 35.5. The Labute approximate surface area is 126 Å². The van der Waals surface area contributed by atoms with Gasteiger partial charge in [0, 0.05) is 5.38 Å². The lowest BCUT2D eigenvalue weighted by Gasteiger charge is -1.94. The fourth-order valence-corrected chi connectivity index (χ4v) is 3.24. The molecule has 5 nitrogen and oxygen atoms in total. The van der Waals surface area contributed by atoms with E-state index in [4.69, 9.17) is 21.1 Å². The molecule has 0 aromatic carbocycles. The third-order valence-electron chi connectivity index (χ3n) is 2.46. The molecule has 20 heavy (non-hydrogen) atoms. The van der Waals surface area contributed by atoms with Gasteiger partial charge in [-0.3, -0.25) is 4.79 Å². The highest BCUT2D eigenvalue weighted by Gasteiger charge is 2.20. The van der Waals surface area contributed by atoms with Gasteiger partial charge in [-0.15, -0.1) is 22.7 Å². The van der Waals surface area contributed by atoms with Crippen LogP contribution < -0.4 is 0 Å².